The van der Waals surface area contributed by atoms with Crippen LogP contribution in [0.3, 0.4) is 0 Å². The molecule has 0 spiro atoms. The Morgan fingerprint density at radius 3 is 2.91 bits per heavy atom. The van der Waals surface area contributed by atoms with Crippen LogP contribution in [0.5, 0.6) is 0 Å². The number of aromatic nitrogens is 5. The quantitative estimate of drug-likeness (QED) is 0.620. The van der Waals surface area contributed by atoms with Gasteiger partial charge in [0.05, 0.1) is 5.69 Å². The maximum absolute atomic E-state index is 3.82. The molecule has 0 saturated carbocycles. The smallest absolute Gasteiger partial charge is 0.220 e. The van der Waals surface area contributed by atoms with E-state index >= 15 is 0 Å². The molecule has 0 saturated heterocycles. The van der Waals surface area contributed by atoms with Crippen LogP contribution in [0.4, 0.5) is 0 Å². The lowest BCUT2D eigenvalue weighted by Gasteiger charge is -1.82. The van der Waals surface area contributed by atoms with Gasteiger partial charge < -0.3 is 4.98 Å². The number of nitrogens with one attached hydrogen (secondary N) is 2. The highest BCUT2D eigenvalue weighted by atomic mass is 15.5. The monoisotopic (exact) mass is 149 g/mol. The molecule has 0 radical (unpaired) electrons. The summed E-state index contributed by atoms with van der Waals surface area (Å²) >= 11 is 0. The van der Waals surface area contributed by atoms with E-state index in [1.54, 1.807) is 0 Å². The second kappa shape index (κ2) is 2.19. The summed E-state index contributed by atoms with van der Waals surface area (Å²) in [7, 11) is 0. The van der Waals surface area contributed by atoms with Crippen molar-refractivity contribution in [2.45, 2.75) is 6.92 Å². The predicted octanol–water partition coefficient (Wildman–Crippen LogP) is 0.503. The molecule has 2 aromatic rings. The van der Waals surface area contributed by atoms with Crippen LogP contribution < -0.4 is 0 Å². The van der Waals surface area contributed by atoms with Gasteiger partial charge in [0.2, 0.25) is 5.82 Å². The van der Waals surface area contributed by atoms with Gasteiger partial charge in [-0.2, -0.15) is 5.21 Å². The van der Waals surface area contributed by atoms with E-state index in [9.17, 15) is 0 Å². The second-order valence-electron chi connectivity index (χ2n) is 2.33. The Kier molecular flexibility index (Phi) is 1.21. The van der Waals surface area contributed by atoms with Crippen LogP contribution in [0.15, 0.2) is 12.3 Å². The summed E-state index contributed by atoms with van der Waals surface area (Å²) in [6.07, 6.45) is 1.89. The predicted molar refractivity (Wildman–Crippen MR) is 38.7 cm³/mol. The third-order valence-corrected chi connectivity index (χ3v) is 1.41. The fourth-order valence-corrected chi connectivity index (χ4v) is 0.908. The first kappa shape index (κ1) is 6.09. The first-order valence-corrected chi connectivity index (χ1v) is 3.25. The molecule has 0 amide bonds. The average Bonchev–Trinajstić information content (AvgIpc) is 2.55. The molecule has 0 unspecified atom stereocenters. The lowest BCUT2D eigenvalue weighted by Crippen LogP contribution is -1.78. The SMILES string of the molecule is Cc1c[nH]c(-c2nn[nH]n2)c1. The third kappa shape index (κ3) is 1.000. The summed E-state index contributed by atoms with van der Waals surface area (Å²) in [6.45, 7) is 2.00. The van der Waals surface area contributed by atoms with Gasteiger partial charge in [0.15, 0.2) is 0 Å². The molecule has 2 N–H and O–H groups in total. The minimum absolute atomic E-state index is 0.595. The molecular weight excluding hydrogens is 142 g/mol. The van der Waals surface area contributed by atoms with E-state index in [2.05, 4.69) is 25.6 Å². The van der Waals surface area contributed by atoms with Crippen molar-refractivity contribution in [2.24, 2.45) is 0 Å². The van der Waals surface area contributed by atoms with Gasteiger partial charge in [-0.3, -0.25) is 0 Å². The molecule has 11 heavy (non-hydrogen) atoms. The fourth-order valence-electron chi connectivity index (χ4n) is 0.908. The zero-order chi connectivity index (χ0) is 7.68. The number of aryl methyl sites for hydroxylation is 1. The largest absolute Gasteiger partial charge is 0.358 e. The molecule has 0 aliphatic carbocycles. The van der Waals surface area contributed by atoms with Crippen LogP contribution in [0.2, 0.25) is 0 Å². The third-order valence-electron chi connectivity index (χ3n) is 1.41. The van der Waals surface area contributed by atoms with Crippen molar-refractivity contribution in [3.8, 4) is 11.5 Å². The maximum Gasteiger partial charge on any atom is 0.220 e. The molecule has 0 aromatic carbocycles. The van der Waals surface area contributed by atoms with Crippen LogP contribution in [-0.2, 0) is 0 Å². The highest BCUT2D eigenvalue weighted by Gasteiger charge is 2.02. The number of hydrogen-bond donors (Lipinski definition) is 2. The number of H-pyrrole nitrogens is 2. The minimum atomic E-state index is 0.595. The Bertz CT molecular complexity index is 333. The van der Waals surface area contributed by atoms with Crippen molar-refractivity contribution in [1.29, 1.82) is 0 Å². The number of tetrazole rings is 1. The first-order valence-electron chi connectivity index (χ1n) is 3.25. The average molecular weight is 149 g/mol. The molecule has 5 heteroatoms. The summed E-state index contributed by atoms with van der Waals surface area (Å²) in [6, 6.07) is 1.96. The highest BCUT2D eigenvalue weighted by molar-refractivity contribution is 5.49. The lowest BCUT2D eigenvalue weighted by atomic mass is 10.3. The van der Waals surface area contributed by atoms with Crippen molar-refractivity contribution in [3.05, 3.63) is 17.8 Å². The summed E-state index contributed by atoms with van der Waals surface area (Å²) in [5, 5.41) is 13.5. The number of aromatic amines is 2. The molecule has 2 rings (SSSR count). The van der Waals surface area contributed by atoms with Crippen molar-refractivity contribution >= 4 is 0 Å². The number of nitrogens with zero attached hydrogens (tertiary/aromatic N) is 3. The van der Waals surface area contributed by atoms with Crippen molar-refractivity contribution in [1.82, 2.24) is 25.6 Å². The number of hydrogen-bond acceptors (Lipinski definition) is 3. The summed E-state index contributed by atoms with van der Waals surface area (Å²) < 4.78 is 0. The Hall–Kier alpha value is -1.65. The Morgan fingerprint density at radius 2 is 2.36 bits per heavy atom. The van der Waals surface area contributed by atoms with Crippen LogP contribution in [0.1, 0.15) is 5.56 Å². The van der Waals surface area contributed by atoms with Gasteiger partial charge in [-0.25, -0.2) is 0 Å². The molecule has 5 nitrogen and oxygen atoms in total. The fraction of sp³-hybridized carbons (Fsp3) is 0.167. The summed E-state index contributed by atoms with van der Waals surface area (Å²) in [5.41, 5.74) is 2.04. The standard InChI is InChI=1S/C6H7N5/c1-4-2-5(7-3-4)6-8-10-11-9-6/h2-3,7H,1H3,(H,8,9,10,11). The normalized spacial score (nSPS) is 10.3. The minimum Gasteiger partial charge on any atom is -0.358 e. The van der Waals surface area contributed by atoms with Gasteiger partial charge in [-0.1, -0.05) is 0 Å². The maximum atomic E-state index is 3.82. The second-order valence-corrected chi connectivity index (χ2v) is 2.33. The molecule has 0 fully saturated rings. The van der Waals surface area contributed by atoms with Gasteiger partial charge in [-0.15, -0.1) is 10.2 Å². The zero-order valence-electron chi connectivity index (χ0n) is 6.00. The molecule has 0 aliphatic rings. The van der Waals surface area contributed by atoms with Gasteiger partial charge >= 0.3 is 0 Å². The Morgan fingerprint density at radius 1 is 1.45 bits per heavy atom. The lowest BCUT2D eigenvalue weighted by molar-refractivity contribution is 0.881. The molecule has 0 aliphatic heterocycles. The van der Waals surface area contributed by atoms with Gasteiger partial charge in [0.25, 0.3) is 0 Å². The molecule has 56 valence electrons. The van der Waals surface area contributed by atoms with Gasteiger partial charge in [-0.05, 0) is 23.8 Å². The van der Waals surface area contributed by atoms with Gasteiger partial charge in [0, 0.05) is 6.20 Å². The van der Waals surface area contributed by atoms with Crippen LogP contribution in [0.25, 0.3) is 11.5 Å². The highest BCUT2D eigenvalue weighted by Crippen LogP contribution is 2.11. The van der Waals surface area contributed by atoms with E-state index in [0.29, 0.717) is 5.82 Å². The molecular formula is C6H7N5. The molecule has 2 aromatic heterocycles. The van der Waals surface area contributed by atoms with E-state index < -0.39 is 0 Å². The van der Waals surface area contributed by atoms with Crippen LogP contribution in [0, 0.1) is 6.92 Å². The topological polar surface area (TPSA) is 70.2 Å². The van der Waals surface area contributed by atoms with E-state index in [0.717, 1.165) is 11.3 Å². The van der Waals surface area contributed by atoms with E-state index in [1.807, 2.05) is 19.2 Å². The van der Waals surface area contributed by atoms with Crippen LogP contribution in [-0.4, -0.2) is 25.6 Å². The molecule has 0 atom stereocenters. The van der Waals surface area contributed by atoms with Gasteiger partial charge in [0.1, 0.15) is 0 Å². The zero-order valence-corrected chi connectivity index (χ0v) is 6.00. The summed E-state index contributed by atoms with van der Waals surface area (Å²) in [5.74, 6) is 0.595. The van der Waals surface area contributed by atoms with Crippen molar-refractivity contribution in [3.63, 3.8) is 0 Å². The van der Waals surface area contributed by atoms with Crippen molar-refractivity contribution < 1.29 is 0 Å². The Labute approximate surface area is 62.8 Å². The molecule has 0 bridgehead atoms. The Balaban J connectivity index is 2.45. The summed E-state index contributed by atoms with van der Waals surface area (Å²) in [4.78, 5) is 3.02. The van der Waals surface area contributed by atoms with Crippen molar-refractivity contribution in [2.75, 3.05) is 0 Å². The van der Waals surface area contributed by atoms with E-state index in [4.69, 9.17) is 0 Å². The molecule has 2 heterocycles. The first-order chi connectivity index (χ1) is 5.36. The number of rotatable bonds is 1. The van der Waals surface area contributed by atoms with E-state index in [-0.39, 0.29) is 0 Å². The van der Waals surface area contributed by atoms with Crippen LogP contribution >= 0.6 is 0 Å². The van der Waals surface area contributed by atoms with E-state index in [1.165, 1.54) is 0 Å².